The average Bonchev–Trinajstić information content (AvgIpc) is 3.30. The second-order valence-corrected chi connectivity index (χ2v) is 6.09. The zero-order valence-corrected chi connectivity index (χ0v) is 14.1. The lowest BCUT2D eigenvalue weighted by Gasteiger charge is -2.10. The van der Waals surface area contributed by atoms with Gasteiger partial charge in [-0.05, 0) is 48.4 Å². The summed E-state index contributed by atoms with van der Waals surface area (Å²) in [6.45, 7) is 2.40. The summed E-state index contributed by atoms with van der Waals surface area (Å²) in [5, 5.41) is 12.1. The number of nitriles is 1. The Morgan fingerprint density at radius 3 is 2.92 bits per heavy atom. The summed E-state index contributed by atoms with van der Waals surface area (Å²) in [6, 6.07) is 14.9. The quantitative estimate of drug-likeness (QED) is 0.780. The van der Waals surface area contributed by atoms with Crippen molar-refractivity contribution in [3.05, 3.63) is 88.4 Å². The minimum atomic E-state index is -0.237. The Morgan fingerprint density at radius 1 is 1.27 bits per heavy atom. The molecular weight excluding hydrogens is 326 g/mol. The molecule has 5 nitrogen and oxygen atoms in total. The number of carbonyl (C=O) groups excluding carboxylic acids is 1. The number of anilines is 1. The van der Waals surface area contributed by atoms with Crippen LogP contribution in [0.5, 0.6) is 0 Å². The van der Waals surface area contributed by atoms with Gasteiger partial charge in [0.2, 0.25) is 0 Å². The van der Waals surface area contributed by atoms with Crippen LogP contribution in [0, 0.1) is 18.3 Å². The van der Waals surface area contributed by atoms with Crippen molar-refractivity contribution in [3.8, 4) is 6.07 Å². The van der Waals surface area contributed by atoms with E-state index >= 15 is 0 Å². The van der Waals surface area contributed by atoms with Crippen LogP contribution in [0.1, 0.15) is 38.2 Å². The number of hydrogen-bond donors (Lipinski definition) is 1. The van der Waals surface area contributed by atoms with Crippen LogP contribution < -0.4 is 5.32 Å². The van der Waals surface area contributed by atoms with Crippen molar-refractivity contribution < 1.29 is 9.21 Å². The Morgan fingerprint density at radius 2 is 2.15 bits per heavy atom. The number of rotatable bonds is 3. The monoisotopic (exact) mass is 341 g/mol. The first-order valence-electron chi connectivity index (χ1n) is 8.19. The summed E-state index contributed by atoms with van der Waals surface area (Å²) in [7, 11) is 0. The van der Waals surface area contributed by atoms with Gasteiger partial charge in [-0.3, -0.25) is 9.79 Å². The van der Waals surface area contributed by atoms with Crippen LogP contribution in [0.4, 0.5) is 5.69 Å². The Bertz CT molecular complexity index is 1070. The van der Waals surface area contributed by atoms with Gasteiger partial charge in [0.05, 0.1) is 36.4 Å². The van der Waals surface area contributed by atoms with Gasteiger partial charge in [-0.1, -0.05) is 12.1 Å². The van der Waals surface area contributed by atoms with Crippen LogP contribution in [-0.2, 0) is 6.54 Å². The third-order valence-corrected chi connectivity index (χ3v) is 4.52. The molecule has 4 rings (SSSR count). The molecule has 0 unspecified atom stereocenters. The minimum Gasteiger partial charge on any atom is -0.472 e. The van der Waals surface area contributed by atoms with Crippen molar-refractivity contribution in [1.29, 1.82) is 5.26 Å². The molecule has 1 N–H and O–H groups in total. The molecule has 0 bridgehead atoms. The fourth-order valence-electron chi connectivity index (χ4n) is 3.11. The highest BCUT2D eigenvalue weighted by Crippen LogP contribution is 2.27. The highest BCUT2D eigenvalue weighted by atomic mass is 16.3. The maximum absolute atomic E-state index is 12.6. The maximum atomic E-state index is 12.6. The number of nitrogens with zero attached hydrogens (tertiary/aromatic N) is 2. The first-order valence-corrected chi connectivity index (χ1v) is 8.19. The van der Waals surface area contributed by atoms with E-state index in [0.717, 1.165) is 22.4 Å². The summed E-state index contributed by atoms with van der Waals surface area (Å²) in [6.07, 6.45) is 3.28. The zero-order chi connectivity index (χ0) is 18.1. The first kappa shape index (κ1) is 15.9. The standard InChI is InChI=1S/C21H15N3O2/c1-13-14(10-22)3-2-4-18(13)21(25)24-17-6-5-15-11-23-20(19(15)9-17)16-7-8-26-12-16/h2-9,12H,11H2,1H3,(H,24,25). The Labute approximate surface area is 150 Å². The van der Waals surface area contributed by atoms with Gasteiger partial charge in [-0.15, -0.1) is 0 Å². The largest absolute Gasteiger partial charge is 0.472 e. The molecule has 3 aromatic rings. The van der Waals surface area contributed by atoms with E-state index in [1.54, 1.807) is 37.6 Å². The van der Waals surface area contributed by atoms with Gasteiger partial charge in [-0.25, -0.2) is 0 Å². The van der Waals surface area contributed by atoms with E-state index in [4.69, 9.17) is 9.68 Å². The summed E-state index contributed by atoms with van der Waals surface area (Å²) in [5.41, 5.74) is 6.25. The number of hydrogen-bond acceptors (Lipinski definition) is 4. The van der Waals surface area contributed by atoms with Crippen LogP contribution in [0.2, 0.25) is 0 Å². The molecule has 1 aromatic heterocycles. The van der Waals surface area contributed by atoms with Gasteiger partial charge in [0.1, 0.15) is 0 Å². The number of amides is 1. The number of furan rings is 1. The summed E-state index contributed by atoms with van der Waals surface area (Å²) in [5.74, 6) is -0.237. The fraction of sp³-hybridized carbons (Fsp3) is 0.0952. The molecule has 2 heterocycles. The van der Waals surface area contributed by atoms with E-state index in [2.05, 4.69) is 16.4 Å². The molecule has 0 atom stereocenters. The van der Waals surface area contributed by atoms with Crippen molar-refractivity contribution in [2.45, 2.75) is 13.5 Å². The van der Waals surface area contributed by atoms with Crippen LogP contribution in [-0.4, -0.2) is 11.6 Å². The predicted molar refractivity (Wildman–Crippen MR) is 98.3 cm³/mol. The third-order valence-electron chi connectivity index (χ3n) is 4.52. The number of benzene rings is 2. The van der Waals surface area contributed by atoms with Gasteiger partial charge in [0, 0.05) is 22.4 Å². The normalized spacial score (nSPS) is 12.2. The van der Waals surface area contributed by atoms with Crippen molar-refractivity contribution >= 4 is 17.3 Å². The van der Waals surface area contributed by atoms with E-state index < -0.39 is 0 Å². The average molecular weight is 341 g/mol. The van der Waals surface area contributed by atoms with E-state index in [1.807, 2.05) is 24.3 Å². The summed E-state index contributed by atoms with van der Waals surface area (Å²) < 4.78 is 5.15. The fourth-order valence-corrected chi connectivity index (χ4v) is 3.11. The third kappa shape index (κ3) is 2.68. The van der Waals surface area contributed by atoms with Crippen LogP contribution in [0.25, 0.3) is 0 Å². The number of carbonyl (C=O) groups is 1. The second-order valence-electron chi connectivity index (χ2n) is 6.09. The molecule has 0 radical (unpaired) electrons. The highest BCUT2D eigenvalue weighted by Gasteiger charge is 2.19. The van der Waals surface area contributed by atoms with Gasteiger partial charge in [0.25, 0.3) is 5.91 Å². The number of fused-ring (bicyclic) bond motifs is 1. The molecule has 1 aliphatic rings. The van der Waals surface area contributed by atoms with E-state index in [1.165, 1.54) is 0 Å². The Hall–Kier alpha value is -3.65. The Balaban J connectivity index is 1.63. The number of aliphatic imine (C=N–C) groups is 1. The lowest BCUT2D eigenvalue weighted by Crippen LogP contribution is -2.14. The molecule has 0 saturated heterocycles. The van der Waals surface area contributed by atoms with Crippen LogP contribution in [0.15, 0.2) is 64.4 Å². The highest BCUT2D eigenvalue weighted by molar-refractivity contribution is 6.16. The van der Waals surface area contributed by atoms with E-state index in [0.29, 0.717) is 28.9 Å². The second kappa shape index (κ2) is 6.34. The van der Waals surface area contributed by atoms with E-state index in [9.17, 15) is 4.79 Å². The van der Waals surface area contributed by atoms with Crippen molar-refractivity contribution in [2.75, 3.05) is 5.32 Å². The van der Waals surface area contributed by atoms with Crippen molar-refractivity contribution in [3.63, 3.8) is 0 Å². The van der Waals surface area contributed by atoms with Crippen LogP contribution in [0.3, 0.4) is 0 Å². The maximum Gasteiger partial charge on any atom is 0.255 e. The molecular formula is C21H15N3O2. The molecule has 0 saturated carbocycles. The van der Waals surface area contributed by atoms with Crippen LogP contribution >= 0.6 is 0 Å². The molecule has 26 heavy (non-hydrogen) atoms. The SMILES string of the molecule is Cc1c(C#N)cccc1C(=O)Nc1ccc2c(c1)C(c1ccoc1)=NC2. The van der Waals surface area contributed by atoms with E-state index in [-0.39, 0.29) is 5.91 Å². The van der Waals surface area contributed by atoms with Gasteiger partial charge in [0.15, 0.2) is 0 Å². The molecule has 0 spiro atoms. The van der Waals surface area contributed by atoms with Crippen molar-refractivity contribution in [2.24, 2.45) is 4.99 Å². The first-order chi connectivity index (χ1) is 12.7. The number of nitrogens with one attached hydrogen (secondary N) is 1. The topological polar surface area (TPSA) is 78.4 Å². The van der Waals surface area contributed by atoms with Gasteiger partial charge < -0.3 is 9.73 Å². The molecule has 1 amide bonds. The molecule has 0 fully saturated rings. The predicted octanol–water partition coefficient (Wildman–Crippen LogP) is 4.06. The molecule has 126 valence electrons. The zero-order valence-electron chi connectivity index (χ0n) is 14.1. The minimum absolute atomic E-state index is 0.237. The summed E-state index contributed by atoms with van der Waals surface area (Å²) in [4.78, 5) is 17.2. The molecule has 2 aromatic carbocycles. The molecule has 0 aliphatic carbocycles. The molecule has 5 heteroatoms. The smallest absolute Gasteiger partial charge is 0.255 e. The molecule has 1 aliphatic heterocycles. The van der Waals surface area contributed by atoms with Gasteiger partial charge in [-0.2, -0.15) is 5.26 Å². The Kier molecular flexibility index (Phi) is 3.86. The lowest BCUT2D eigenvalue weighted by molar-refractivity contribution is 0.102. The van der Waals surface area contributed by atoms with Gasteiger partial charge >= 0.3 is 0 Å². The summed E-state index contributed by atoms with van der Waals surface area (Å²) >= 11 is 0. The lowest BCUT2D eigenvalue weighted by atomic mass is 10.0. The van der Waals surface area contributed by atoms with Crippen molar-refractivity contribution in [1.82, 2.24) is 0 Å².